The van der Waals surface area contributed by atoms with Crippen LogP contribution in [-0.2, 0) is 13.1 Å². The molecule has 0 amide bonds. The van der Waals surface area contributed by atoms with Crippen molar-refractivity contribution in [2.75, 3.05) is 0 Å². The number of imidazole rings is 2. The maximum atomic E-state index is 3.86. The molecule has 0 aliphatic carbocycles. The molecule has 0 saturated carbocycles. The first-order valence-corrected chi connectivity index (χ1v) is 5.00. The monoisotopic (exact) mass is 288 g/mol. The molecular weight excluding hydrogens is 271 g/mol. The van der Waals surface area contributed by atoms with Crippen LogP contribution >= 0.6 is 24.8 Å². The lowest BCUT2D eigenvalue weighted by atomic mass is 10.6. The van der Waals surface area contributed by atoms with E-state index in [1.807, 2.05) is 33.7 Å². The molecule has 2 rings (SSSR count). The molecule has 0 aliphatic heterocycles. The highest BCUT2D eigenvalue weighted by atomic mass is 35.5. The molecule has 6 heteroatoms. The Labute approximate surface area is 120 Å². The second-order valence-electron chi connectivity index (χ2n) is 3.10. The van der Waals surface area contributed by atoms with Crippen LogP contribution in [0, 0.1) is 0 Å². The predicted octanol–water partition coefficient (Wildman–Crippen LogP) is 2.98. The summed E-state index contributed by atoms with van der Waals surface area (Å²) in [6, 6.07) is 0. The predicted molar refractivity (Wildman–Crippen MR) is 79.3 cm³/mol. The first-order chi connectivity index (χ1) is 7.86. The van der Waals surface area contributed by atoms with Gasteiger partial charge in [0.1, 0.15) is 0 Å². The van der Waals surface area contributed by atoms with Crippen LogP contribution in [-0.4, -0.2) is 19.1 Å². The zero-order valence-corrected chi connectivity index (χ0v) is 11.7. The number of halogens is 2. The van der Waals surface area contributed by atoms with E-state index >= 15 is 0 Å². The van der Waals surface area contributed by atoms with Gasteiger partial charge in [-0.1, -0.05) is 12.2 Å². The molecule has 2 aromatic heterocycles. The lowest BCUT2D eigenvalue weighted by molar-refractivity contribution is 0.822. The summed E-state index contributed by atoms with van der Waals surface area (Å²) in [7, 11) is 0. The molecule has 0 spiro atoms. The Bertz CT molecular complexity index is 355. The molecule has 0 N–H and O–H groups in total. The van der Waals surface area contributed by atoms with Crippen molar-refractivity contribution in [2.45, 2.75) is 13.1 Å². The minimum atomic E-state index is 0. The topological polar surface area (TPSA) is 35.6 Å². The molecule has 18 heavy (non-hydrogen) atoms. The van der Waals surface area contributed by atoms with Gasteiger partial charge in [0.15, 0.2) is 0 Å². The lowest BCUT2D eigenvalue weighted by Crippen LogP contribution is -1.87. The molecule has 0 atom stereocenters. The number of hydrogen-bond acceptors (Lipinski definition) is 2. The van der Waals surface area contributed by atoms with Crippen LogP contribution in [0.2, 0.25) is 0 Å². The molecule has 0 radical (unpaired) electrons. The van der Waals surface area contributed by atoms with Crippen molar-refractivity contribution >= 4 is 24.8 Å². The molecule has 0 saturated heterocycles. The molecule has 0 unspecified atom stereocenters. The number of rotatable bonds is 4. The van der Waals surface area contributed by atoms with Gasteiger partial charge in [-0.3, -0.25) is 0 Å². The lowest BCUT2D eigenvalue weighted by Gasteiger charge is -1.89. The van der Waals surface area contributed by atoms with E-state index in [-0.39, 0.29) is 24.8 Å². The Morgan fingerprint density at radius 2 is 1.22 bits per heavy atom. The third-order valence-corrected chi connectivity index (χ3v) is 1.80. The zero-order valence-electron chi connectivity index (χ0n) is 10.1. The first kappa shape index (κ1) is 18.8. The largest absolute Gasteiger partial charge is 0.334 e. The Balaban J connectivity index is 0. The summed E-state index contributed by atoms with van der Waals surface area (Å²) in [6.07, 6.45) is 14.5. The van der Waals surface area contributed by atoms with Gasteiger partial charge in [0.25, 0.3) is 0 Å². The van der Waals surface area contributed by atoms with Crippen molar-refractivity contribution in [1.82, 2.24) is 19.1 Å². The molecule has 2 heterocycles. The Kier molecular flexibility index (Phi) is 12.5. The van der Waals surface area contributed by atoms with Gasteiger partial charge in [-0.2, -0.15) is 0 Å². The highest BCUT2D eigenvalue weighted by Crippen LogP contribution is 1.84. The summed E-state index contributed by atoms with van der Waals surface area (Å²) in [4.78, 5) is 7.71. The first-order valence-electron chi connectivity index (χ1n) is 5.00. The molecule has 100 valence electrons. The highest BCUT2D eigenvalue weighted by Gasteiger charge is 1.79. The third-order valence-electron chi connectivity index (χ3n) is 1.80. The van der Waals surface area contributed by atoms with Gasteiger partial charge >= 0.3 is 0 Å². The van der Waals surface area contributed by atoms with E-state index in [0.717, 1.165) is 13.1 Å². The van der Waals surface area contributed by atoms with E-state index in [2.05, 4.69) is 23.1 Å². The van der Waals surface area contributed by atoms with Gasteiger partial charge < -0.3 is 9.13 Å². The average molecular weight is 289 g/mol. The minimum Gasteiger partial charge on any atom is -0.334 e. The summed E-state index contributed by atoms with van der Waals surface area (Å²) in [5.41, 5.74) is 0. The fourth-order valence-corrected chi connectivity index (χ4v) is 1.09. The SMILES string of the molecule is C=CCn1ccnc1.C=CCn1ccnc1.Cl.Cl. The van der Waals surface area contributed by atoms with Crippen molar-refractivity contribution in [3.05, 3.63) is 62.8 Å². The standard InChI is InChI=1S/2C6H8N2.2ClH/c2*1-2-4-8-5-3-7-6-8;;/h2*2-3,5-6H,1,4H2;2*1H. The summed E-state index contributed by atoms with van der Waals surface area (Å²) in [6.45, 7) is 8.87. The quantitative estimate of drug-likeness (QED) is 0.811. The normalized spacial score (nSPS) is 8.00. The van der Waals surface area contributed by atoms with Crippen LogP contribution in [0.5, 0.6) is 0 Å². The molecule has 2 aromatic rings. The van der Waals surface area contributed by atoms with Crippen molar-refractivity contribution in [2.24, 2.45) is 0 Å². The van der Waals surface area contributed by atoms with E-state index in [0.29, 0.717) is 0 Å². The van der Waals surface area contributed by atoms with Crippen LogP contribution in [0.15, 0.2) is 62.8 Å². The summed E-state index contributed by atoms with van der Waals surface area (Å²) >= 11 is 0. The van der Waals surface area contributed by atoms with Crippen LogP contribution in [0.25, 0.3) is 0 Å². The minimum absolute atomic E-state index is 0. The van der Waals surface area contributed by atoms with Crippen molar-refractivity contribution in [3.8, 4) is 0 Å². The second kappa shape index (κ2) is 12.0. The molecule has 0 fully saturated rings. The van der Waals surface area contributed by atoms with Gasteiger partial charge in [-0.05, 0) is 0 Å². The fourth-order valence-electron chi connectivity index (χ4n) is 1.09. The van der Waals surface area contributed by atoms with E-state index in [4.69, 9.17) is 0 Å². The van der Waals surface area contributed by atoms with Gasteiger partial charge in [0.05, 0.1) is 12.7 Å². The Hall–Kier alpha value is -1.52. The van der Waals surface area contributed by atoms with Gasteiger partial charge in [0, 0.05) is 37.9 Å². The van der Waals surface area contributed by atoms with Crippen LogP contribution in [0.1, 0.15) is 0 Å². The zero-order chi connectivity index (χ0) is 11.6. The van der Waals surface area contributed by atoms with Crippen LogP contribution in [0.4, 0.5) is 0 Å². The Morgan fingerprint density at radius 3 is 1.44 bits per heavy atom. The van der Waals surface area contributed by atoms with E-state index in [1.54, 1.807) is 25.0 Å². The van der Waals surface area contributed by atoms with E-state index in [9.17, 15) is 0 Å². The third kappa shape index (κ3) is 7.70. The fraction of sp³-hybridized carbons (Fsp3) is 0.167. The smallest absolute Gasteiger partial charge is 0.0948 e. The van der Waals surface area contributed by atoms with Gasteiger partial charge in [-0.15, -0.1) is 38.0 Å². The molecule has 4 nitrogen and oxygen atoms in total. The maximum Gasteiger partial charge on any atom is 0.0948 e. The molecular formula is C12H18Cl2N4. The van der Waals surface area contributed by atoms with Crippen molar-refractivity contribution in [1.29, 1.82) is 0 Å². The second-order valence-corrected chi connectivity index (χ2v) is 3.10. The summed E-state index contributed by atoms with van der Waals surface area (Å²) in [5, 5.41) is 0. The van der Waals surface area contributed by atoms with E-state index in [1.165, 1.54) is 0 Å². The molecule has 0 aliphatic rings. The van der Waals surface area contributed by atoms with Crippen molar-refractivity contribution in [3.63, 3.8) is 0 Å². The average Bonchev–Trinajstić information content (AvgIpc) is 2.92. The number of nitrogens with zero attached hydrogens (tertiary/aromatic N) is 4. The van der Waals surface area contributed by atoms with Crippen molar-refractivity contribution < 1.29 is 0 Å². The summed E-state index contributed by atoms with van der Waals surface area (Å²) in [5.74, 6) is 0. The van der Waals surface area contributed by atoms with Gasteiger partial charge in [-0.25, -0.2) is 9.97 Å². The maximum absolute atomic E-state index is 3.86. The molecule has 0 bridgehead atoms. The molecule has 0 aromatic carbocycles. The number of aromatic nitrogens is 4. The van der Waals surface area contributed by atoms with Crippen LogP contribution in [0.3, 0.4) is 0 Å². The Morgan fingerprint density at radius 1 is 0.833 bits per heavy atom. The van der Waals surface area contributed by atoms with Gasteiger partial charge in [0.2, 0.25) is 0 Å². The van der Waals surface area contributed by atoms with Crippen LogP contribution < -0.4 is 0 Å². The highest BCUT2D eigenvalue weighted by molar-refractivity contribution is 5.85. The number of hydrogen-bond donors (Lipinski definition) is 0. The van der Waals surface area contributed by atoms with E-state index < -0.39 is 0 Å². The summed E-state index contributed by atoms with van der Waals surface area (Å²) < 4.78 is 3.90. The number of allylic oxidation sites excluding steroid dienone is 2.